The Hall–Kier alpha value is -4.43. The average molecular weight is 663 g/mol. The van der Waals surface area contributed by atoms with Crippen LogP contribution in [0.2, 0.25) is 0 Å². The lowest BCUT2D eigenvalue weighted by Gasteiger charge is -2.08. The number of furan rings is 1. The van der Waals surface area contributed by atoms with Gasteiger partial charge in [-0.15, -0.1) is 0 Å². The van der Waals surface area contributed by atoms with Crippen molar-refractivity contribution in [2.24, 2.45) is 4.99 Å². The summed E-state index contributed by atoms with van der Waals surface area (Å²) >= 11 is 2.29. The van der Waals surface area contributed by atoms with E-state index >= 15 is 0 Å². The average Bonchev–Trinajstić information content (AvgIpc) is 3.62. The second-order valence-corrected chi connectivity index (χ2v) is 11.6. The Kier molecular flexibility index (Phi) is 6.99. The van der Waals surface area contributed by atoms with Gasteiger partial charge in [-0.1, -0.05) is 74.0 Å². The molecule has 0 aliphatic carbocycles. The minimum absolute atomic E-state index is 0.288. The van der Waals surface area contributed by atoms with E-state index in [0.29, 0.717) is 22.7 Å². The molecule has 0 radical (unpaired) electrons. The van der Waals surface area contributed by atoms with Gasteiger partial charge >= 0.3 is 0 Å². The molecule has 5 nitrogen and oxygen atoms in total. The molecule has 206 valence electrons. The Labute approximate surface area is 256 Å². The number of benzene rings is 5. The third-order valence-corrected chi connectivity index (χ3v) is 8.20. The Balaban J connectivity index is 1.31. The molecule has 0 spiro atoms. The van der Waals surface area contributed by atoms with Crippen molar-refractivity contribution in [1.29, 1.82) is 0 Å². The molecule has 0 aliphatic rings. The molecule has 42 heavy (non-hydrogen) atoms. The van der Waals surface area contributed by atoms with Gasteiger partial charge in [0.2, 0.25) is 5.89 Å². The molecule has 0 amide bonds. The number of aliphatic imine (C=N–C) groups is 1. The summed E-state index contributed by atoms with van der Waals surface area (Å²) < 4.78 is 13.7. The Bertz CT molecular complexity index is 2120. The van der Waals surface area contributed by atoms with E-state index in [2.05, 4.69) is 59.8 Å². The molecule has 0 saturated carbocycles. The van der Waals surface area contributed by atoms with Gasteiger partial charge in [-0.3, -0.25) is 4.99 Å². The predicted molar refractivity (Wildman–Crippen MR) is 179 cm³/mol. The second kappa shape index (κ2) is 11.1. The van der Waals surface area contributed by atoms with E-state index in [1.807, 2.05) is 66.7 Å². The predicted octanol–water partition coefficient (Wildman–Crippen LogP) is 10.5. The SMILES string of the molecule is CCCCc1cc(I)cc(C=Nc2ccccc2-c2nc3c(-c4cccc5c4oc4ccccc45)cccc3o2)c1O. The van der Waals surface area contributed by atoms with Crippen LogP contribution in [-0.2, 0) is 6.42 Å². The van der Waals surface area contributed by atoms with Crippen LogP contribution in [0, 0.1) is 3.57 Å². The van der Waals surface area contributed by atoms with E-state index < -0.39 is 0 Å². The summed E-state index contributed by atoms with van der Waals surface area (Å²) in [5.41, 5.74) is 8.16. The minimum Gasteiger partial charge on any atom is -0.507 e. The first-order valence-corrected chi connectivity index (χ1v) is 15.1. The Morgan fingerprint density at radius 3 is 2.45 bits per heavy atom. The number of hydrogen-bond acceptors (Lipinski definition) is 5. The summed E-state index contributed by atoms with van der Waals surface area (Å²) in [4.78, 5) is 9.77. The number of aromatic hydroxyl groups is 1. The van der Waals surface area contributed by atoms with E-state index in [9.17, 15) is 5.11 Å². The summed E-state index contributed by atoms with van der Waals surface area (Å²) in [6.07, 6.45) is 4.66. The van der Waals surface area contributed by atoms with E-state index in [1.54, 1.807) is 6.21 Å². The van der Waals surface area contributed by atoms with Crippen molar-refractivity contribution in [3.8, 4) is 28.3 Å². The number of phenolic OH excluding ortho intramolecular Hbond substituents is 1. The van der Waals surface area contributed by atoms with Crippen LogP contribution in [0.5, 0.6) is 5.75 Å². The molecule has 2 heterocycles. The highest BCUT2D eigenvalue weighted by Crippen LogP contribution is 2.40. The van der Waals surface area contributed by atoms with Gasteiger partial charge in [0, 0.05) is 37.2 Å². The summed E-state index contributed by atoms with van der Waals surface area (Å²) in [5, 5.41) is 13.1. The molecule has 7 rings (SSSR count). The lowest BCUT2D eigenvalue weighted by atomic mass is 10.0. The van der Waals surface area contributed by atoms with Crippen molar-refractivity contribution >= 4 is 67.5 Å². The highest BCUT2D eigenvalue weighted by atomic mass is 127. The lowest BCUT2D eigenvalue weighted by molar-refractivity contribution is 0.466. The molecule has 0 atom stereocenters. The zero-order chi connectivity index (χ0) is 28.6. The molecular weight excluding hydrogens is 635 g/mol. The number of oxazole rings is 1. The number of para-hydroxylation sites is 4. The third-order valence-electron chi connectivity index (χ3n) is 7.57. The molecule has 5 aromatic carbocycles. The molecule has 0 saturated heterocycles. The number of aryl methyl sites for hydroxylation is 1. The number of aromatic nitrogens is 1. The van der Waals surface area contributed by atoms with Gasteiger partial charge in [-0.2, -0.15) is 0 Å². The Morgan fingerprint density at radius 2 is 1.55 bits per heavy atom. The highest BCUT2D eigenvalue weighted by Gasteiger charge is 2.18. The number of hydrogen-bond donors (Lipinski definition) is 1. The van der Waals surface area contributed by atoms with Crippen LogP contribution in [0.15, 0.2) is 111 Å². The number of nitrogens with zero attached hydrogens (tertiary/aromatic N) is 2. The van der Waals surface area contributed by atoms with E-state index in [-0.39, 0.29) is 5.75 Å². The van der Waals surface area contributed by atoms with Gasteiger partial charge in [0.15, 0.2) is 5.58 Å². The van der Waals surface area contributed by atoms with Crippen molar-refractivity contribution in [2.45, 2.75) is 26.2 Å². The van der Waals surface area contributed by atoms with Crippen molar-refractivity contribution in [2.75, 3.05) is 0 Å². The number of fused-ring (bicyclic) bond motifs is 4. The van der Waals surface area contributed by atoms with Gasteiger partial charge in [0.1, 0.15) is 22.4 Å². The van der Waals surface area contributed by atoms with Crippen molar-refractivity contribution < 1.29 is 13.9 Å². The van der Waals surface area contributed by atoms with Crippen LogP contribution in [0.4, 0.5) is 5.69 Å². The van der Waals surface area contributed by atoms with E-state index in [0.717, 1.165) is 72.5 Å². The van der Waals surface area contributed by atoms with Crippen LogP contribution in [0.1, 0.15) is 30.9 Å². The van der Waals surface area contributed by atoms with Gasteiger partial charge in [0.25, 0.3) is 0 Å². The molecule has 1 N–H and O–H groups in total. The molecule has 2 aromatic heterocycles. The maximum atomic E-state index is 10.9. The van der Waals surface area contributed by atoms with Crippen molar-refractivity contribution in [3.05, 3.63) is 112 Å². The largest absolute Gasteiger partial charge is 0.507 e. The second-order valence-electron chi connectivity index (χ2n) is 10.3. The van der Waals surface area contributed by atoms with Crippen molar-refractivity contribution in [1.82, 2.24) is 4.98 Å². The smallest absolute Gasteiger partial charge is 0.229 e. The van der Waals surface area contributed by atoms with E-state index in [4.69, 9.17) is 18.8 Å². The zero-order valence-electron chi connectivity index (χ0n) is 23.0. The quantitative estimate of drug-likeness (QED) is 0.136. The molecule has 7 aromatic rings. The van der Waals surface area contributed by atoms with Crippen LogP contribution < -0.4 is 0 Å². The summed E-state index contributed by atoms with van der Waals surface area (Å²) in [6.45, 7) is 2.15. The first-order chi connectivity index (χ1) is 20.6. The number of rotatable bonds is 7. The van der Waals surface area contributed by atoms with Crippen LogP contribution in [0.25, 0.3) is 55.6 Å². The first-order valence-electron chi connectivity index (χ1n) is 14.1. The first kappa shape index (κ1) is 26.5. The normalized spacial score (nSPS) is 11.9. The maximum Gasteiger partial charge on any atom is 0.229 e. The molecule has 0 bridgehead atoms. The van der Waals surface area contributed by atoms with Gasteiger partial charge in [-0.25, -0.2) is 4.98 Å². The highest BCUT2D eigenvalue weighted by molar-refractivity contribution is 14.1. The van der Waals surface area contributed by atoms with Gasteiger partial charge in [-0.05, 0) is 77.4 Å². The molecule has 0 fully saturated rings. The fourth-order valence-corrected chi connectivity index (χ4v) is 6.19. The summed E-state index contributed by atoms with van der Waals surface area (Å²) in [7, 11) is 0. The minimum atomic E-state index is 0.288. The molecule has 0 unspecified atom stereocenters. The van der Waals surface area contributed by atoms with Gasteiger partial charge in [0.05, 0.1) is 11.3 Å². The summed E-state index contributed by atoms with van der Waals surface area (Å²) in [6, 6.07) is 32.0. The molecular formula is C36H27IN2O3. The lowest BCUT2D eigenvalue weighted by Crippen LogP contribution is -1.93. The maximum absolute atomic E-state index is 10.9. The number of phenols is 1. The van der Waals surface area contributed by atoms with Crippen molar-refractivity contribution in [3.63, 3.8) is 0 Å². The monoisotopic (exact) mass is 662 g/mol. The number of unbranched alkanes of at least 4 members (excludes halogenated alkanes) is 1. The van der Waals surface area contributed by atoms with Crippen LogP contribution >= 0.6 is 22.6 Å². The molecule has 6 heteroatoms. The zero-order valence-corrected chi connectivity index (χ0v) is 25.1. The van der Waals surface area contributed by atoms with Crippen LogP contribution in [-0.4, -0.2) is 16.3 Å². The topological polar surface area (TPSA) is 71.8 Å². The molecule has 0 aliphatic heterocycles. The van der Waals surface area contributed by atoms with E-state index in [1.165, 1.54) is 0 Å². The fourth-order valence-electron chi connectivity index (χ4n) is 5.48. The van der Waals surface area contributed by atoms with Gasteiger partial charge < -0.3 is 13.9 Å². The Morgan fingerprint density at radius 1 is 0.810 bits per heavy atom. The summed E-state index contributed by atoms with van der Waals surface area (Å²) in [5.74, 6) is 0.772. The third kappa shape index (κ3) is 4.75. The van der Waals surface area contributed by atoms with Crippen LogP contribution in [0.3, 0.4) is 0 Å². The fraction of sp³-hybridized carbons (Fsp3) is 0.111. The standard InChI is InChI=1S/C36H27IN2O3/c1-2-3-10-22-19-24(37)20-23(34(22)40)21-38-30-16-6-4-12-29(30)36-39-33-26(13-9-18-32(33)42-36)28-15-8-14-27-25-11-5-7-17-31(25)41-35(27)28/h4-9,11-21,40H,2-3,10H2,1H3. The number of halogens is 1.